The van der Waals surface area contributed by atoms with Gasteiger partial charge in [0.2, 0.25) is 0 Å². The maximum Gasteiger partial charge on any atom is 0.472 e. The van der Waals surface area contributed by atoms with Crippen LogP contribution in [0.4, 0.5) is 0 Å². The van der Waals surface area contributed by atoms with Crippen LogP contribution in [0.5, 0.6) is 0 Å². The van der Waals surface area contributed by atoms with Gasteiger partial charge in [-0.1, -0.05) is 272 Å². The minimum atomic E-state index is -4.99. The molecule has 0 rings (SSSR count). The number of hydrogen-bond acceptors (Lipinski definition) is 15. The van der Waals surface area contributed by atoms with Gasteiger partial charge in [0.05, 0.1) is 26.4 Å². The van der Waals surface area contributed by atoms with Crippen molar-refractivity contribution in [2.24, 2.45) is 0 Å². The lowest BCUT2D eigenvalue weighted by Gasteiger charge is -2.21. The Kier molecular flexibility index (Phi) is 71.8. The van der Waals surface area contributed by atoms with E-state index in [9.17, 15) is 43.2 Å². The summed E-state index contributed by atoms with van der Waals surface area (Å²) in [5.41, 5.74) is 0. The molecule has 0 aromatic carbocycles. The number of aliphatic hydroxyl groups is 1. The van der Waals surface area contributed by atoms with E-state index in [-0.39, 0.29) is 25.7 Å². The quantitative estimate of drug-likeness (QED) is 0.0128. The van der Waals surface area contributed by atoms with Gasteiger partial charge in [0.15, 0.2) is 12.2 Å². The van der Waals surface area contributed by atoms with Gasteiger partial charge in [0.1, 0.15) is 19.3 Å². The Morgan fingerprint density at radius 1 is 0.284 bits per heavy atom. The predicted molar refractivity (Wildman–Crippen MR) is 418 cm³/mol. The molecule has 0 aliphatic carbocycles. The van der Waals surface area contributed by atoms with Gasteiger partial charge in [0.25, 0.3) is 0 Å². The fourth-order valence-electron chi connectivity index (χ4n) is 10.5. The van der Waals surface area contributed by atoms with E-state index in [4.69, 9.17) is 37.0 Å². The summed E-state index contributed by atoms with van der Waals surface area (Å²) in [5.74, 6) is -2.27. The molecule has 102 heavy (non-hydrogen) atoms. The zero-order valence-electron chi connectivity index (χ0n) is 64.3. The molecule has 0 amide bonds. The summed E-state index contributed by atoms with van der Waals surface area (Å²) in [5, 5.41) is 10.6. The summed E-state index contributed by atoms with van der Waals surface area (Å²) in [7, 11) is -9.98. The molecule has 0 heterocycles. The topological polar surface area (TPSA) is 237 Å². The van der Waals surface area contributed by atoms with Gasteiger partial charge in [0, 0.05) is 25.7 Å². The second-order valence-corrected chi connectivity index (χ2v) is 29.6. The minimum absolute atomic E-state index is 0.0724. The average Bonchev–Trinajstić information content (AvgIpc) is 0.923. The first-order chi connectivity index (χ1) is 49.7. The van der Waals surface area contributed by atoms with Crippen molar-refractivity contribution in [3.05, 3.63) is 109 Å². The largest absolute Gasteiger partial charge is 0.472 e. The van der Waals surface area contributed by atoms with Crippen LogP contribution in [0.1, 0.15) is 336 Å². The van der Waals surface area contributed by atoms with E-state index < -0.39 is 97.5 Å². The highest BCUT2D eigenvalue weighted by molar-refractivity contribution is 7.47. The van der Waals surface area contributed by atoms with Crippen molar-refractivity contribution in [2.45, 2.75) is 354 Å². The Morgan fingerprint density at radius 2 is 0.520 bits per heavy atom. The number of esters is 4. The molecule has 0 aromatic rings. The van der Waals surface area contributed by atoms with Crippen molar-refractivity contribution in [2.75, 3.05) is 39.6 Å². The molecule has 0 saturated carbocycles. The monoisotopic (exact) mass is 1470 g/mol. The molecule has 17 nitrogen and oxygen atoms in total. The van der Waals surface area contributed by atoms with Crippen LogP contribution in [0.25, 0.3) is 0 Å². The van der Waals surface area contributed by atoms with Gasteiger partial charge in [-0.05, 0) is 148 Å². The highest BCUT2D eigenvalue weighted by atomic mass is 31.2. The minimum Gasteiger partial charge on any atom is -0.462 e. The molecule has 0 radical (unpaired) electrons. The number of phosphoric ester groups is 2. The lowest BCUT2D eigenvalue weighted by atomic mass is 10.1. The highest BCUT2D eigenvalue weighted by Crippen LogP contribution is 2.45. The summed E-state index contributed by atoms with van der Waals surface area (Å²) in [4.78, 5) is 73.0. The number of carbonyl (C=O) groups is 4. The van der Waals surface area contributed by atoms with E-state index >= 15 is 0 Å². The Hall–Kier alpha value is -4.28. The summed E-state index contributed by atoms with van der Waals surface area (Å²) in [6.07, 6.45) is 80.7. The number of phosphoric acid groups is 2. The molecule has 0 aromatic heterocycles. The van der Waals surface area contributed by atoms with Crippen LogP contribution in [0.15, 0.2) is 109 Å². The van der Waals surface area contributed by atoms with E-state index in [0.29, 0.717) is 32.1 Å². The number of allylic oxidation sites excluding steroid dienone is 18. The fraction of sp³-hybridized carbons (Fsp3) is 0.735. The Labute approximate surface area is 619 Å². The van der Waals surface area contributed by atoms with Gasteiger partial charge in [-0.15, -0.1) is 0 Å². The van der Waals surface area contributed by atoms with Crippen LogP contribution < -0.4 is 0 Å². The Morgan fingerprint density at radius 3 is 0.873 bits per heavy atom. The van der Waals surface area contributed by atoms with E-state index in [2.05, 4.69) is 125 Å². The third-order valence-corrected chi connectivity index (χ3v) is 18.6. The molecule has 588 valence electrons. The highest BCUT2D eigenvalue weighted by Gasteiger charge is 2.30. The van der Waals surface area contributed by atoms with Crippen LogP contribution in [0.2, 0.25) is 0 Å². The summed E-state index contributed by atoms with van der Waals surface area (Å²) >= 11 is 0. The molecule has 2 unspecified atom stereocenters. The number of ether oxygens (including phenoxy) is 4. The van der Waals surface area contributed by atoms with Gasteiger partial charge in [-0.3, -0.25) is 37.3 Å². The van der Waals surface area contributed by atoms with Crippen molar-refractivity contribution in [3.8, 4) is 0 Å². The Balaban J connectivity index is 5.43. The normalized spacial score (nSPS) is 14.5. The van der Waals surface area contributed by atoms with Crippen LogP contribution in [-0.2, 0) is 65.4 Å². The van der Waals surface area contributed by atoms with Crippen LogP contribution in [-0.4, -0.2) is 96.7 Å². The summed E-state index contributed by atoms with van der Waals surface area (Å²) < 4.78 is 68.5. The van der Waals surface area contributed by atoms with Crippen LogP contribution in [0.3, 0.4) is 0 Å². The number of hydrogen-bond donors (Lipinski definition) is 3. The molecule has 0 aliphatic heterocycles. The van der Waals surface area contributed by atoms with E-state index in [0.717, 1.165) is 148 Å². The SMILES string of the molecule is CCCCC/C=C\C/C=C\C/C=C\C/C=C\CCCC(=O)OC[C@H](COP(=O)(O)OC[C@@H](O)COP(=O)(O)OC[C@@H](COC(=O)CCCCCCC/C=C\C/C=C\CCCCC)OC(=O)CCCCCCC/C=C\C=C/CCCCCC)OC(=O)CCCCCCC/C=C\CCCCCCCC. The van der Waals surface area contributed by atoms with Gasteiger partial charge in [-0.2, -0.15) is 0 Å². The van der Waals surface area contributed by atoms with Crippen molar-refractivity contribution in [3.63, 3.8) is 0 Å². The van der Waals surface area contributed by atoms with Crippen LogP contribution >= 0.6 is 15.6 Å². The summed E-state index contributed by atoms with van der Waals surface area (Å²) in [6, 6.07) is 0. The molecular formula is C83H144O17P2. The zero-order valence-corrected chi connectivity index (χ0v) is 66.0. The van der Waals surface area contributed by atoms with Crippen LogP contribution in [0, 0.1) is 0 Å². The van der Waals surface area contributed by atoms with Gasteiger partial charge < -0.3 is 33.8 Å². The number of aliphatic hydroxyl groups excluding tert-OH is 1. The number of rotatable bonds is 75. The van der Waals surface area contributed by atoms with Gasteiger partial charge >= 0.3 is 39.5 Å². The molecule has 0 saturated heterocycles. The Bertz CT molecular complexity index is 2360. The van der Waals surface area contributed by atoms with E-state index in [1.165, 1.54) is 103 Å². The standard InChI is InChI=1S/C83H144O17P2/c1-5-9-13-17-21-25-29-33-37-38-42-44-48-52-56-60-64-68-81(86)94-74-79(100-83(88)70-66-62-58-54-50-46-41-36-32-28-24-20-16-12-8-4)76-98-102(91,92)96-72-77(84)71-95-101(89,90)97-75-78(99-82(87)69-65-61-57-53-49-45-40-35-31-27-23-19-15-11-7-3)73-93-80(85)67-63-59-55-51-47-43-39-34-30-26-22-18-14-10-6-2/h21-22,25-27,31,33-37,39-42,44,52,56,77-79,84H,5-20,23-24,28-30,32,38,43,45-51,53-55,57-76H2,1-4H3,(H,89,90)(H,91,92)/b25-21-,26-22-,31-27-,37-33-,39-34-,40-35-,41-36-,44-42-,56-52-/t77-,78+,79+/m0/s1. The predicted octanol–water partition coefficient (Wildman–Crippen LogP) is 23.3. The third kappa shape index (κ3) is 74.0. The smallest absolute Gasteiger partial charge is 0.462 e. The maximum atomic E-state index is 13.1. The van der Waals surface area contributed by atoms with E-state index in [1.54, 1.807) is 0 Å². The lowest BCUT2D eigenvalue weighted by molar-refractivity contribution is -0.161. The molecule has 19 heteroatoms. The molecular weight excluding hydrogens is 1330 g/mol. The molecule has 0 spiro atoms. The second-order valence-electron chi connectivity index (χ2n) is 26.7. The van der Waals surface area contributed by atoms with Crippen molar-refractivity contribution in [1.82, 2.24) is 0 Å². The molecule has 0 fully saturated rings. The lowest BCUT2D eigenvalue weighted by Crippen LogP contribution is -2.30. The average molecular weight is 1480 g/mol. The molecule has 0 aliphatic rings. The van der Waals surface area contributed by atoms with Gasteiger partial charge in [-0.25, -0.2) is 9.13 Å². The van der Waals surface area contributed by atoms with Crippen molar-refractivity contribution >= 4 is 39.5 Å². The molecule has 3 N–H and O–H groups in total. The molecule has 5 atom stereocenters. The van der Waals surface area contributed by atoms with E-state index in [1.807, 2.05) is 12.2 Å². The second kappa shape index (κ2) is 75.0. The number of carbonyl (C=O) groups excluding carboxylic acids is 4. The molecule has 0 bridgehead atoms. The van der Waals surface area contributed by atoms with Crippen molar-refractivity contribution < 1.29 is 80.2 Å². The first kappa shape index (κ1) is 97.7. The zero-order chi connectivity index (χ0) is 74.6. The first-order valence-electron chi connectivity index (χ1n) is 40.1. The fourth-order valence-corrected chi connectivity index (χ4v) is 12.1. The number of unbranched alkanes of at least 4 members (excludes halogenated alkanes) is 32. The maximum absolute atomic E-state index is 13.1. The third-order valence-electron chi connectivity index (χ3n) is 16.7. The summed E-state index contributed by atoms with van der Waals surface area (Å²) in [6.45, 7) is 4.72. The first-order valence-corrected chi connectivity index (χ1v) is 43.1. The van der Waals surface area contributed by atoms with Crippen molar-refractivity contribution in [1.29, 1.82) is 0 Å².